The summed E-state index contributed by atoms with van der Waals surface area (Å²) in [5.74, 6) is 0.497. The number of amides is 1. The molecule has 0 saturated carbocycles. The molecule has 1 heterocycles. The normalized spacial score (nSPS) is 10.8. The number of rotatable bonds is 4. The van der Waals surface area contributed by atoms with Crippen molar-refractivity contribution in [3.63, 3.8) is 0 Å². The molecule has 5 nitrogen and oxygen atoms in total. The van der Waals surface area contributed by atoms with Crippen molar-refractivity contribution in [3.8, 4) is 0 Å². The third-order valence-corrected chi connectivity index (χ3v) is 3.71. The van der Waals surface area contributed by atoms with E-state index in [1.165, 1.54) is 0 Å². The van der Waals surface area contributed by atoms with Crippen LogP contribution < -0.4 is 5.32 Å². The van der Waals surface area contributed by atoms with Gasteiger partial charge in [-0.05, 0) is 26.8 Å². The summed E-state index contributed by atoms with van der Waals surface area (Å²) in [5.41, 5.74) is 2.79. The fourth-order valence-electron chi connectivity index (χ4n) is 2.58. The van der Waals surface area contributed by atoms with Gasteiger partial charge in [-0.1, -0.05) is 60.7 Å². The van der Waals surface area contributed by atoms with Gasteiger partial charge in [-0.25, -0.2) is 14.8 Å². The third kappa shape index (κ3) is 5.51. The molecule has 0 saturated heterocycles. The molecule has 0 aliphatic heterocycles. The smallest absolute Gasteiger partial charge is 0.412 e. The van der Waals surface area contributed by atoms with Gasteiger partial charge in [0.25, 0.3) is 0 Å². The lowest BCUT2D eigenvalue weighted by Crippen LogP contribution is -2.27. The highest BCUT2D eigenvalue weighted by Crippen LogP contribution is 2.20. The number of hydrogen-bond acceptors (Lipinski definition) is 4. The number of nitrogens with one attached hydrogen (secondary N) is 1. The van der Waals surface area contributed by atoms with Gasteiger partial charge in [0.2, 0.25) is 0 Å². The van der Waals surface area contributed by atoms with Crippen molar-refractivity contribution in [1.29, 1.82) is 0 Å². The van der Waals surface area contributed by atoms with E-state index in [4.69, 9.17) is 9.73 Å². The molecule has 3 aromatic rings. The van der Waals surface area contributed by atoms with Crippen LogP contribution in [-0.4, -0.2) is 22.4 Å². The molecule has 2 aromatic carbocycles. The summed E-state index contributed by atoms with van der Waals surface area (Å²) in [6.45, 7) is 5.46. The second-order valence-electron chi connectivity index (χ2n) is 7.22. The van der Waals surface area contributed by atoms with E-state index in [9.17, 15) is 4.79 Å². The van der Waals surface area contributed by atoms with Crippen LogP contribution in [0.3, 0.4) is 0 Å². The van der Waals surface area contributed by atoms with Gasteiger partial charge in [-0.3, -0.25) is 5.32 Å². The lowest BCUT2D eigenvalue weighted by Gasteiger charge is -2.19. The topological polar surface area (TPSA) is 63.6 Å². The highest BCUT2D eigenvalue weighted by molar-refractivity contribution is 6.13. The Morgan fingerprint density at radius 1 is 0.929 bits per heavy atom. The van der Waals surface area contributed by atoms with Gasteiger partial charge in [-0.15, -0.1) is 0 Å². The molecule has 0 radical (unpaired) electrons. The van der Waals surface area contributed by atoms with E-state index >= 15 is 0 Å². The monoisotopic (exact) mass is 373 g/mol. The van der Waals surface area contributed by atoms with Crippen LogP contribution in [0.5, 0.6) is 0 Å². The summed E-state index contributed by atoms with van der Waals surface area (Å²) >= 11 is 0. The average molecular weight is 373 g/mol. The van der Waals surface area contributed by atoms with Crippen molar-refractivity contribution < 1.29 is 9.53 Å². The molecule has 1 N–H and O–H groups in total. The maximum Gasteiger partial charge on any atom is 0.412 e. The summed E-state index contributed by atoms with van der Waals surface area (Å²) < 4.78 is 5.29. The number of ether oxygens (including phenoxy) is 1. The largest absolute Gasteiger partial charge is 0.444 e. The summed E-state index contributed by atoms with van der Waals surface area (Å²) in [5, 5.41) is 2.72. The number of anilines is 1. The van der Waals surface area contributed by atoms with Crippen molar-refractivity contribution in [2.45, 2.75) is 26.4 Å². The van der Waals surface area contributed by atoms with Crippen LogP contribution in [0.1, 0.15) is 31.9 Å². The summed E-state index contributed by atoms with van der Waals surface area (Å²) in [7, 11) is 0. The Morgan fingerprint density at radius 2 is 1.50 bits per heavy atom. The molecule has 142 valence electrons. The summed E-state index contributed by atoms with van der Waals surface area (Å²) in [6.07, 6.45) is 1.10. The van der Waals surface area contributed by atoms with Crippen LogP contribution in [0, 0.1) is 0 Å². The maximum absolute atomic E-state index is 12.0. The molecule has 0 spiro atoms. The van der Waals surface area contributed by atoms with Crippen LogP contribution in [-0.2, 0) is 4.74 Å². The van der Waals surface area contributed by atoms with E-state index in [1.807, 2.05) is 81.4 Å². The van der Waals surface area contributed by atoms with E-state index in [-0.39, 0.29) is 0 Å². The van der Waals surface area contributed by atoms with Gasteiger partial charge in [-0.2, -0.15) is 0 Å². The van der Waals surface area contributed by atoms with Crippen LogP contribution in [0.15, 0.2) is 84.0 Å². The minimum absolute atomic E-state index is 0.497. The van der Waals surface area contributed by atoms with Gasteiger partial charge >= 0.3 is 6.09 Å². The number of nitrogens with zero attached hydrogens (tertiary/aromatic N) is 2. The van der Waals surface area contributed by atoms with Gasteiger partial charge in [0.15, 0.2) is 5.82 Å². The molecule has 0 unspecified atom stereocenters. The zero-order valence-electron chi connectivity index (χ0n) is 16.2. The highest BCUT2D eigenvalue weighted by atomic mass is 16.6. The Kier molecular flexibility index (Phi) is 5.84. The number of carbonyl (C=O) groups excluding carboxylic acids is 1. The first-order chi connectivity index (χ1) is 13.4. The lowest BCUT2D eigenvalue weighted by molar-refractivity contribution is 0.0636. The third-order valence-electron chi connectivity index (χ3n) is 3.71. The Bertz CT molecular complexity index is 920. The summed E-state index contributed by atoms with van der Waals surface area (Å²) in [6, 6.07) is 23.3. The molecule has 0 aliphatic carbocycles. The maximum atomic E-state index is 12.0. The first-order valence-electron chi connectivity index (χ1n) is 9.06. The van der Waals surface area contributed by atoms with Crippen LogP contribution in [0.25, 0.3) is 0 Å². The standard InChI is InChI=1S/C23H23N3O2/c1-23(2,3)28-22(27)25-19-14-15-24-20(16-19)26-21(17-10-6-4-7-11-17)18-12-8-5-9-13-18/h4-16H,1-3H3,(H,24,25,27). The number of benzene rings is 2. The molecule has 0 fully saturated rings. The predicted octanol–water partition coefficient (Wildman–Crippen LogP) is 5.60. The lowest BCUT2D eigenvalue weighted by atomic mass is 10.0. The SMILES string of the molecule is CC(C)(C)OC(=O)Nc1ccnc(N=C(c2ccccc2)c2ccccc2)c1. The fourth-order valence-corrected chi connectivity index (χ4v) is 2.58. The quantitative estimate of drug-likeness (QED) is 0.606. The zero-order chi connectivity index (χ0) is 20.0. The molecular weight excluding hydrogens is 350 g/mol. The van der Waals surface area contributed by atoms with Crippen LogP contribution >= 0.6 is 0 Å². The van der Waals surface area contributed by atoms with Crippen molar-refractivity contribution in [2.75, 3.05) is 5.32 Å². The number of aromatic nitrogens is 1. The van der Waals surface area contributed by atoms with Gasteiger partial charge in [0, 0.05) is 29.1 Å². The number of aliphatic imine (C=N–C) groups is 1. The molecule has 1 aromatic heterocycles. The molecule has 28 heavy (non-hydrogen) atoms. The molecule has 0 aliphatic rings. The molecule has 5 heteroatoms. The van der Waals surface area contributed by atoms with E-state index in [2.05, 4.69) is 10.3 Å². The van der Waals surface area contributed by atoms with Crippen molar-refractivity contribution in [3.05, 3.63) is 90.1 Å². The number of carbonyl (C=O) groups is 1. The predicted molar refractivity (Wildman–Crippen MR) is 112 cm³/mol. The van der Waals surface area contributed by atoms with Crippen LogP contribution in [0.4, 0.5) is 16.3 Å². The first-order valence-corrected chi connectivity index (χ1v) is 9.06. The molecule has 0 atom stereocenters. The van der Waals surface area contributed by atoms with E-state index < -0.39 is 11.7 Å². The molecular formula is C23H23N3O2. The van der Waals surface area contributed by atoms with Crippen molar-refractivity contribution in [2.24, 2.45) is 4.99 Å². The van der Waals surface area contributed by atoms with E-state index in [0.717, 1.165) is 16.8 Å². The van der Waals surface area contributed by atoms with E-state index in [0.29, 0.717) is 11.5 Å². The molecule has 0 bridgehead atoms. The van der Waals surface area contributed by atoms with Gasteiger partial charge in [0.05, 0.1) is 5.71 Å². The Morgan fingerprint density at radius 3 is 2.04 bits per heavy atom. The fraction of sp³-hybridized carbons (Fsp3) is 0.174. The minimum Gasteiger partial charge on any atom is -0.444 e. The average Bonchev–Trinajstić information content (AvgIpc) is 2.66. The number of pyridine rings is 1. The van der Waals surface area contributed by atoms with Crippen LogP contribution in [0.2, 0.25) is 0 Å². The second kappa shape index (κ2) is 8.48. The van der Waals surface area contributed by atoms with Gasteiger partial charge < -0.3 is 4.74 Å². The minimum atomic E-state index is -0.564. The van der Waals surface area contributed by atoms with Crippen molar-refractivity contribution in [1.82, 2.24) is 4.98 Å². The molecule has 3 rings (SSSR count). The Labute approximate surface area is 165 Å². The highest BCUT2D eigenvalue weighted by Gasteiger charge is 2.16. The van der Waals surface area contributed by atoms with Gasteiger partial charge in [0.1, 0.15) is 5.60 Å². The van der Waals surface area contributed by atoms with E-state index in [1.54, 1.807) is 18.3 Å². The number of hydrogen-bond donors (Lipinski definition) is 1. The van der Waals surface area contributed by atoms with Crippen molar-refractivity contribution >= 4 is 23.3 Å². The Hall–Kier alpha value is -3.47. The molecule has 1 amide bonds. The Balaban J connectivity index is 1.92. The second-order valence-corrected chi connectivity index (χ2v) is 7.22. The first kappa shape index (κ1) is 19.3. The zero-order valence-corrected chi connectivity index (χ0v) is 16.2. The summed E-state index contributed by atoms with van der Waals surface area (Å²) in [4.78, 5) is 21.1.